The number of hydrogen-bond donors (Lipinski definition) is 2. The van der Waals surface area contributed by atoms with Crippen molar-refractivity contribution in [3.63, 3.8) is 0 Å². The van der Waals surface area contributed by atoms with E-state index in [2.05, 4.69) is 36.5 Å². The van der Waals surface area contributed by atoms with Gasteiger partial charge in [-0.2, -0.15) is 0 Å². The number of fused-ring (bicyclic) bond motifs is 1. The summed E-state index contributed by atoms with van der Waals surface area (Å²) in [5.74, 6) is -0.756. The maximum Gasteiger partial charge on any atom is 0.323 e. The van der Waals surface area contributed by atoms with Gasteiger partial charge in [-0.05, 0) is 80.7 Å². The van der Waals surface area contributed by atoms with Crippen molar-refractivity contribution in [1.82, 2.24) is 4.57 Å². The highest BCUT2D eigenvalue weighted by Gasteiger charge is 2.24. The molecule has 0 amide bonds. The largest absolute Gasteiger partial charge is 0.480 e. The zero-order valence-electron chi connectivity index (χ0n) is 14.8. The molecule has 1 aromatic carbocycles. The lowest BCUT2D eigenvalue weighted by Crippen LogP contribution is -2.15. The summed E-state index contributed by atoms with van der Waals surface area (Å²) in [6, 6.07) is 9.42. The number of nitrogens with one attached hydrogen (secondary N) is 1. The van der Waals surface area contributed by atoms with E-state index in [1.54, 1.807) is 0 Å². The highest BCUT2D eigenvalue weighted by atomic mass is 16.4. The molecule has 2 aromatic rings. The second-order valence-electron chi connectivity index (χ2n) is 7.47. The Balaban J connectivity index is 1.60. The molecule has 4 rings (SSSR count). The van der Waals surface area contributed by atoms with Gasteiger partial charge in [-0.1, -0.05) is 12.1 Å². The fourth-order valence-corrected chi connectivity index (χ4v) is 4.07. The van der Waals surface area contributed by atoms with Crippen LogP contribution in [-0.4, -0.2) is 21.7 Å². The Morgan fingerprint density at radius 1 is 1.20 bits per heavy atom. The normalized spacial score (nSPS) is 16.5. The molecule has 0 aliphatic heterocycles. The van der Waals surface area contributed by atoms with Gasteiger partial charge < -0.3 is 15.0 Å². The fourth-order valence-electron chi connectivity index (χ4n) is 4.07. The first-order valence-corrected chi connectivity index (χ1v) is 9.39. The van der Waals surface area contributed by atoms with Gasteiger partial charge in [-0.15, -0.1) is 0 Å². The highest BCUT2D eigenvalue weighted by Crippen LogP contribution is 2.32. The molecule has 25 heavy (non-hydrogen) atoms. The zero-order chi connectivity index (χ0) is 17.4. The van der Waals surface area contributed by atoms with Crippen LogP contribution in [0, 0.1) is 6.92 Å². The van der Waals surface area contributed by atoms with Crippen LogP contribution < -0.4 is 5.32 Å². The third-order valence-corrected chi connectivity index (χ3v) is 5.55. The summed E-state index contributed by atoms with van der Waals surface area (Å²) in [6.45, 7) is 2.16. The Labute approximate surface area is 148 Å². The second-order valence-corrected chi connectivity index (χ2v) is 7.47. The zero-order valence-corrected chi connectivity index (χ0v) is 14.8. The van der Waals surface area contributed by atoms with Gasteiger partial charge in [0.1, 0.15) is 6.54 Å². The van der Waals surface area contributed by atoms with E-state index in [-0.39, 0.29) is 6.54 Å². The van der Waals surface area contributed by atoms with Crippen molar-refractivity contribution in [2.24, 2.45) is 0 Å². The minimum Gasteiger partial charge on any atom is -0.480 e. The Morgan fingerprint density at radius 2 is 1.92 bits per heavy atom. The van der Waals surface area contributed by atoms with Crippen molar-refractivity contribution in [3.8, 4) is 0 Å². The summed E-state index contributed by atoms with van der Waals surface area (Å²) in [5.41, 5.74) is 7.64. The minimum absolute atomic E-state index is 0.0818. The number of carbonyl (C=O) groups is 1. The molecular weight excluding hydrogens is 312 g/mol. The monoisotopic (exact) mass is 338 g/mol. The number of carboxylic acids is 1. The minimum atomic E-state index is -0.756. The number of benzene rings is 1. The first kappa shape index (κ1) is 16.2. The van der Waals surface area contributed by atoms with Gasteiger partial charge in [0.2, 0.25) is 0 Å². The molecule has 2 aliphatic rings. The third kappa shape index (κ3) is 3.44. The second kappa shape index (κ2) is 6.58. The van der Waals surface area contributed by atoms with Crippen LogP contribution in [0.25, 0.3) is 0 Å². The average molecular weight is 338 g/mol. The van der Waals surface area contributed by atoms with Crippen LogP contribution >= 0.6 is 0 Å². The van der Waals surface area contributed by atoms with Gasteiger partial charge in [0.15, 0.2) is 0 Å². The quantitative estimate of drug-likeness (QED) is 0.839. The molecular formula is C21H26N2O2. The molecule has 4 heteroatoms. The van der Waals surface area contributed by atoms with Crippen LogP contribution in [0.15, 0.2) is 24.3 Å². The van der Waals surface area contributed by atoms with Gasteiger partial charge in [0.05, 0.1) is 0 Å². The topological polar surface area (TPSA) is 54.3 Å². The molecule has 1 heterocycles. The molecule has 0 atom stereocenters. The van der Waals surface area contributed by atoms with Crippen molar-refractivity contribution < 1.29 is 9.90 Å². The predicted molar refractivity (Wildman–Crippen MR) is 99.3 cm³/mol. The van der Waals surface area contributed by atoms with Crippen molar-refractivity contribution in [1.29, 1.82) is 0 Å². The number of hydrogen-bond acceptors (Lipinski definition) is 2. The van der Waals surface area contributed by atoms with Gasteiger partial charge >= 0.3 is 5.97 Å². The Bertz CT molecular complexity index is 785. The van der Waals surface area contributed by atoms with E-state index >= 15 is 0 Å². The lowest BCUT2D eigenvalue weighted by atomic mass is 9.91. The van der Waals surface area contributed by atoms with Crippen LogP contribution in [-0.2, 0) is 30.6 Å². The third-order valence-electron chi connectivity index (χ3n) is 5.55. The molecule has 1 aromatic heterocycles. The van der Waals surface area contributed by atoms with E-state index in [0.717, 1.165) is 31.4 Å². The number of nitrogens with zero attached hydrogens (tertiary/aromatic N) is 1. The molecule has 0 saturated heterocycles. The maximum absolute atomic E-state index is 11.3. The van der Waals surface area contributed by atoms with E-state index in [9.17, 15) is 9.90 Å². The fraction of sp³-hybridized carbons (Fsp3) is 0.476. The van der Waals surface area contributed by atoms with Crippen molar-refractivity contribution in [3.05, 3.63) is 52.3 Å². The van der Waals surface area contributed by atoms with Crippen molar-refractivity contribution in [2.75, 3.05) is 5.32 Å². The average Bonchev–Trinajstić information content (AvgIpc) is 3.38. The number of carboxylic acid groups (broad SMARTS) is 1. The predicted octanol–water partition coefficient (Wildman–Crippen LogP) is 3.93. The number of anilines is 1. The number of rotatable bonds is 6. The molecule has 4 nitrogen and oxygen atoms in total. The van der Waals surface area contributed by atoms with Gasteiger partial charge in [-0.25, -0.2) is 0 Å². The van der Waals surface area contributed by atoms with Gasteiger partial charge in [0, 0.05) is 23.1 Å². The van der Waals surface area contributed by atoms with E-state index < -0.39 is 5.97 Å². The smallest absolute Gasteiger partial charge is 0.323 e. The molecule has 0 bridgehead atoms. The maximum atomic E-state index is 11.3. The first-order chi connectivity index (χ1) is 12.1. The molecule has 132 valence electrons. The molecule has 1 saturated carbocycles. The first-order valence-electron chi connectivity index (χ1n) is 9.39. The van der Waals surface area contributed by atoms with E-state index in [4.69, 9.17) is 0 Å². The van der Waals surface area contributed by atoms with E-state index in [0.29, 0.717) is 6.04 Å². The molecule has 0 unspecified atom stereocenters. The van der Waals surface area contributed by atoms with Crippen LogP contribution in [0.5, 0.6) is 0 Å². The molecule has 0 spiro atoms. The Kier molecular flexibility index (Phi) is 4.28. The van der Waals surface area contributed by atoms with Crippen LogP contribution in [0.3, 0.4) is 0 Å². The standard InChI is InChI=1S/C21H26N2O2/c1-14-19(12-15-6-8-16(9-7-15)22-17-10-11-17)18-4-2-3-5-20(18)23(14)13-21(24)25/h6-9,17,22H,2-5,10-13H2,1H3,(H,24,25). The van der Waals surface area contributed by atoms with E-state index in [1.165, 1.54) is 47.3 Å². The molecule has 1 fully saturated rings. The molecule has 2 N–H and O–H groups in total. The number of aliphatic carboxylic acids is 1. The Morgan fingerprint density at radius 3 is 2.60 bits per heavy atom. The van der Waals surface area contributed by atoms with Crippen molar-refractivity contribution in [2.45, 2.75) is 64.5 Å². The van der Waals surface area contributed by atoms with Crippen LogP contribution in [0.1, 0.15) is 53.8 Å². The lowest BCUT2D eigenvalue weighted by Gasteiger charge is -2.15. The summed E-state index contributed by atoms with van der Waals surface area (Å²) in [4.78, 5) is 11.3. The van der Waals surface area contributed by atoms with Crippen LogP contribution in [0.2, 0.25) is 0 Å². The highest BCUT2D eigenvalue weighted by molar-refractivity contribution is 5.67. The Hall–Kier alpha value is -2.23. The number of aromatic nitrogens is 1. The SMILES string of the molecule is Cc1c(Cc2ccc(NC3CC3)cc2)c2c(n1CC(=O)O)CCCC2. The van der Waals surface area contributed by atoms with Gasteiger partial charge in [0.25, 0.3) is 0 Å². The summed E-state index contributed by atoms with van der Waals surface area (Å²) in [6.07, 6.45) is 7.92. The van der Waals surface area contributed by atoms with Crippen molar-refractivity contribution >= 4 is 11.7 Å². The summed E-state index contributed by atoms with van der Waals surface area (Å²) < 4.78 is 2.04. The summed E-state index contributed by atoms with van der Waals surface area (Å²) in [5, 5.41) is 12.8. The van der Waals surface area contributed by atoms with Crippen LogP contribution in [0.4, 0.5) is 5.69 Å². The molecule has 0 radical (unpaired) electrons. The lowest BCUT2D eigenvalue weighted by molar-refractivity contribution is -0.137. The summed E-state index contributed by atoms with van der Waals surface area (Å²) >= 11 is 0. The van der Waals surface area contributed by atoms with E-state index in [1.807, 2.05) is 4.57 Å². The van der Waals surface area contributed by atoms with Gasteiger partial charge in [-0.3, -0.25) is 4.79 Å². The molecule has 2 aliphatic carbocycles. The summed E-state index contributed by atoms with van der Waals surface area (Å²) in [7, 11) is 0.